The van der Waals surface area contributed by atoms with Gasteiger partial charge in [0.25, 0.3) is 5.78 Å². The van der Waals surface area contributed by atoms with Gasteiger partial charge in [0.05, 0.1) is 12.1 Å². The van der Waals surface area contributed by atoms with E-state index in [1.807, 2.05) is 0 Å². The molecule has 0 saturated heterocycles. The molecular weight excluding hydrogens is 227 g/mol. The van der Waals surface area contributed by atoms with E-state index in [0.29, 0.717) is 0 Å². The molecule has 1 aromatic carbocycles. The van der Waals surface area contributed by atoms with Crippen molar-refractivity contribution in [1.29, 1.82) is 0 Å². The molecule has 0 heterocycles. The summed E-state index contributed by atoms with van der Waals surface area (Å²) in [5.74, 6) is -4.42. The highest BCUT2D eigenvalue weighted by Crippen LogP contribution is 2.30. The van der Waals surface area contributed by atoms with Gasteiger partial charge in [0.2, 0.25) is 0 Å². The van der Waals surface area contributed by atoms with Crippen molar-refractivity contribution in [3.05, 3.63) is 28.5 Å². The molecule has 0 atom stereocenters. The van der Waals surface area contributed by atoms with E-state index in [0.717, 1.165) is 6.07 Å². The number of carbonyl (C=O) groups excluding carboxylic acids is 1. The number of methoxy groups -OCH3 is 1. The molecule has 0 bridgehead atoms. The first-order valence-corrected chi connectivity index (χ1v) is 4.16. The summed E-state index contributed by atoms with van der Waals surface area (Å²) >= 11 is 5.61. The second-order valence-corrected chi connectivity index (χ2v) is 2.98. The molecule has 1 N–H and O–H groups in total. The lowest BCUT2D eigenvalue weighted by molar-refractivity contribution is -0.131. The minimum atomic E-state index is -1.77. The average Bonchev–Trinajstić information content (AvgIpc) is 2.19. The number of rotatable bonds is 3. The lowest BCUT2D eigenvalue weighted by atomic mass is 10.1. The number of carboxylic acid groups (broad SMARTS) is 1. The Kier molecular flexibility index (Phi) is 3.26. The quantitative estimate of drug-likeness (QED) is 0.637. The van der Waals surface area contributed by atoms with Crippen LogP contribution in [0.2, 0.25) is 5.02 Å². The second kappa shape index (κ2) is 4.27. The monoisotopic (exact) mass is 232 g/mol. The zero-order chi connectivity index (χ0) is 11.6. The van der Waals surface area contributed by atoms with Crippen LogP contribution < -0.4 is 4.74 Å². The SMILES string of the molecule is COc1c(Cl)ccc(F)c1C(=O)C(=O)O. The Balaban J connectivity index is 3.44. The highest BCUT2D eigenvalue weighted by molar-refractivity contribution is 6.42. The molecule has 0 aliphatic carbocycles. The molecular formula is C9H6ClFO4. The van der Waals surface area contributed by atoms with Gasteiger partial charge >= 0.3 is 5.97 Å². The maximum absolute atomic E-state index is 13.2. The second-order valence-electron chi connectivity index (χ2n) is 2.57. The van der Waals surface area contributed by atoms with E-state index in [9.17, 15) is 14.0 Å². The van der Waals surface area contributed by atoms with Gasteiger partial charge in [0.15, 0.2) is 5.75 Å². The third-order valence-corrected chi connectivity index (χ3v) is 1.98. The van der Waals surface area contributed by atoms with Crippen molar-refractivity contribution in [2.75, 3.05) is 7.11 Å². The van der Waals surface area contributed by atoms with E-state index in [1.165, 1.54) is 13.2 Å². The average molecular weight is 233 g/mol. The van der Waals surface area contributed by atoms with Crippen LogP contribution in [0.3, 0.4) is 0 Å². The van der Waals surface area contributed by atoms with Gasteiger partial charge in [-0.15, -0.1) is 0 Å². The summed E-state index contributed by atoms with van der Waals surface area (Å²) in [6.45, 7) is 0. The van der Waals surface area contributed by atoms with Crippen molar-refractivity contribution in [1.82, 2.24) is 0 Å². The molecule has 6 heteroatoms. The lowest BCUT2D eigenvalue weighted by Gasteiger charge is -2.08. The van der Waals surface area contributed by atoms with Crippen LogP contribution in [0.15, 0.2) is 12.1 Å². The van der Waals surface area contributed by atoms with Gasteiger partial charge in [-0.3, -0.25) is 4.79 Å². The Morgan fingerprint density at radius 2 is 2.07 bits per heavy atom. The van der Waals surface area contributed by atoms with Gasteiger partial charge in [-0.1, -0.05) is 11.6 Å². The van der Waals surface area contributed by atoms with Gasteiger partial charge in [-0.2, -0.15) is 0 Å². The summed E-state index contributed by atoms with van der Waals surface area (Å²) in [7, 11) is 1.17. The van der Waals surface area contributed by atoms with E-state index < -0.39 is 23.1 Å². The van der Waals surface area contributed by atoms with E-state index >= 15 is 0 Å². The smallest absolute Gasteiger partial charge is 0.377 e. The third kappa shape index (κ3) is 2.07. The molecule has 0 aliphatic heterocycles. The summed E-state index contributed by atoms with van der Waals surface area (Å²) in [6.07, 6.45) is 0. The Labute approximate surface area is 89.2 Å². The Hall–Kier alpha value is -1.62. The summed E-state index contributed by atoms with van der Waals surface area (Å²) < 4.78 is 17.9. The van der Waals surface area contributed by atoms with Crippen LogP contribution in [0.25, 0.3) is 0 Å². The molecule has 0 saturated carbocycles. The molecule has 0 unspecified atom stereocenters. The normalized spacial score (nSPS) is 9.80. The van der Waals surface area contributed by atoms with Gasteiger partial charge in [0.1, 0.15) is 11.4 Å². The molecule has 0 aliphatic rings. The fraction of sp³-hybridized carbons (Fsp3) is 0.111. The van der Waals surface area contributed by atoms with E-state index in [4.69, 9.17) is 16.7 Å². The zero-order valence-electron chi connectivity index (χ0n) is 7.58. The number of ether oxygens (including phenoxy) is 1. The van der Waals surface area contributed by atoms with Crippen LogP contribution in [0.1, 0.15) is 10.4 Å². The number of hydrogen-bond acceptors (Lipinski definition) is 3. The van der Waals surface area contributed by atoms with Crippen LogP contribution >= 0.6 is 11.6 Å². The number of Topliss-reactive ketones (excluding diaryl/α,β-unsaturated/α-hetero) is 1. The van der Waals surface area contributed by atoms with Crippen LogP contribution in [-0.4, -0.2) is 24.0 Å². The zero-order valence-corrected chi connectivity index (χ0v) is 8.34. The summed E-state index contributed by atoms with van der Waals surface area (Å²) in [5, 5.41) is 8.43. The molecule has 80 valence electrons. The van der Waals surface area contributed by atoms with Crippen molar-refractivity contribution in [2.24, 2.45) is 0 Å². The molecule has 0 aromatic heterocycles. The number of benzene rings is 1. The molecule has 1 aromatic rings. The molecule has 0 fully saturated rings. The largest absolute Gasteiger partial charge is 0.494 e. The number of carbonyl (C=O) groups is 2. The van der Waals surface area contributed by atoms with Crippen molar-refractivity contribution >= 4 is 23.4 Å². The fourth-order valence-electron chi connectivity index (χ4n) is 1.05. The Morgan fingerprint density at radius 3 is 2.53 bits per heavy atom. The standard InChI is InChI=1S/C9H6ClFO4/c1-15-8-4(10)2-3-5(11)6(8)7(12)9(13)14/h2-3H,1H3,(H,13,14). The van der Waals surface area contributed by atoms with Crippen molar-refractivity contribution < 1.29 is 23.8 Å². The summed E-state index contributed by atoms with van der Waals surface area (Å²) in [6, 6.07) is 2.08. The molecule has 0 spiro atoms. The minimum Gasteiger partial charge on any atom is -0.494 e. The fourth-order valence-corrected chi connectivity index (χ4v) is 1.29. The molecule has 0 radical (unpaired) electrons. The van der Waals surface area contributed by atoms with Gasteiger partial charge in [0, 0.05) is 0 Å². The van der Waals surface area contributed by atoms with Gasteiger partial charge in [-0.25, -0.2) is 9.18 Å². The van der Waals surface area contributed by atoms with Gasteiger partial charge in [-0.05, 0) is 12.1 Å². The topological polar surface area (TPSA) is 63.6 Å². The maximum atomic E-state index is 13.2. The highest BCUT2D eigenvalue weighted by atomic mass is 35.5. The van der Waals surface area contributed by atoms with E-state index in [-0.39, 0.29) is 10.8 Å². The first kappa shape index (κ1) is 11.5. The first-order valence-electron chi connectivity index (χ1n) is 3.78. The highest BCUT2D eigenvalue weighted by Gasteiger charge is 2.25. The molecule has 0 amide bonds. The number of aliphatic carboxylic acids is 1. The first-order chi connectivity index (χ1) is 6.99. The van der Waals surface area contributed by atoms with Crippen LogP contribution in [0.4, 0.5) is 4.39 Å². The van der Waals surface area contributed by atoms with Crippen LogP contribution in [0.5, 0.6) is 5.75 Å². The number of hydrogen-bond donors (Lipinski definition) is 1. The van der Waals surface area contributed by atoms with Crippen LogP contribution in [-0.2, 0) is 4.79 Å². The number of carboxylic acids is 1. The molecule has 4 nitrogen and oxygen atoms in total. The van der Waals surface area contributed by atoms with Gasteiger partial charge < -0.3 is 9.84 Å². The molecule has 1 rings (SSSR count). The predicted octanol–water partition coefficient (Wildman–Crippen LogP) is 1.75. The van der Waals surface area contributed by atoms with E-state index in [2.05, 4.69) is 4.74 Å². The number of ketones is 1. The summed E-state index contributed by atoms with van der Waals surface area (Å²) in [4.78, 5) is 21.5. The van der Waals surface area contributed by atoms with Crippen molar-refractivity contribution in [3.63, 3.8) is 0 Å². The van der Waals surface area contributed by atoms with Crippen molar-refractivity contribution in [2.45, 2.75) is 0 Å². The molecule has 15 heavy (non-hydrogen) atoms. The third-order valence-electron chi connectivity index (χ3n) is 1.68. The van der Waals surface area contributed by atoms with E-state index in [1.54, 1.807) is 0 Å². The van der Waals surface area contributed by atoms with Crippen molar-refractivity contribution in [3.8, 4) is 5.75 Å². The maximum Gasteiger partial charge on any atom is 0.377 e. The number of halogens is 2. The Bertz CT molecular complexity index is 430. The minimum absolute atomic E-state index is 0.0245. The van der Waals surface area contributed by atoms with Crippen LogP contribution in [0, 0.1) is 5.82 Å². The predicted molar refractivity (Wildman–Crippen MR) is 49.9 cm³/mol. The lowest BCUT2D eigenvalue weighted by Crippen LogP contribution is -2.16. The summed E-state index contributed by atoms with van der Waals surface area (Å²) in [5.41, 5.74) is -0.669. The Morgan fingerprint density at radius 1 is 1.47 bits per heavy atom.